The summed E-state index contributed by atoms with van der Waals surface area (Å²) in [7, 11) is 0. The SMILES string of the molecule is CC(C)C1CCN(Cc2sccc2/C=C/C(=O)O)CC1. The van der Waals surface area contributed by atoms with E-state index in [9.17, 15) is 4.79 Å². The fraction of sp³-hybridized carbons (Fsp3) is 0.562. The van der Waals surface area contributed by atoms with Crippen LogP contribution in [0.5, 0.6) is 0 Å². The van der Waals surface area contributed by atoms with Crippen LogP contribution >= 0.6 is 11.3 Å². The summed E-state index contributed by atoms with van der Waals surface area (Å²) in [5.41, 5.74) is 1.04. The maximum absolute atomic E-state index is 10.6. The van der Waals surface area contributed by atoms with Gasteiger partial charge in [-0.1, -0.05) is 13.8 Å². The van der Waals surface area contributed by atoms with Crippen LogP contribution in [0.1, 0.15) is 37.1 Å². The van der Waals surface area contributed by atoms with Gasteiger partial charge < -0.3 is 5.11 Å². The molecule has 1 N–H and O–H groups in total. The number of rotatable bonds is 5. The standard InChI is InChI=1S/C16H23NO2S/c1-12(2)13-5-8-17(9-6-13)11-15-14(7-10-20-15)3-4-16(18)19/h3-4,7,10,12-13H,5-6,8-9,11H2,1-2H3,(H,18,19)/b4-3+. The van der Waals surface area contributed by atoms with E-state index in [0.29, 0.717) is 0 Å². The molecule has 0 spiro atoms. The number of carboxylic acids is 1. The molecular weight excluding hydrogens is 270 g/mol. The van der Waals surface area contributed by atoms with E-state index >= 15 is 0 Å². The van der Waals surface area contributed by atoms with Gasteiger partial charge in [0.15, 0.2) is 0 Å². The topological polar surface area (TPSA) is 40.5 Å². The molecule has 0 saturated carbocycles. The van der Waals surface area contributed by atoms with Crippen LogP contribution in [-0.2, 0) is 11.3 Å². The molecule has 0 amide bonds. The number of aliphatic carboxylic acids is 1. The van der Waals surface area contributed by atoms with E-state index in [4.69, 9.17) is 5.11 Å². The van der Waals surface area contributed by atoms with Crippen LogP contribution < -0.4 is 0 Å². The fourth-order valence-corrected chi connectivity index (χ4v) is 3.68. The van der Waals surface area contributed by atoms with Gasteiger partial charge in [0.05, 0.1) is 0 Å². The summed E-state index contributed by atoms with van der Waals surface area (Å²) in [5.74, 6) is 0.758. The lowest BCUT2D eigenvalue weighted by atomic mass is 9.87. The molecule has 2 heterocycles. The number of carboxylic acid groups (broad SMARTS) is 1. The van der Waals surface area contributed by atoms with Crippen molar-refractivity contribution in [2.75, 3.05) is 13.1 Å². The molecule has 1 aromatic heterocycles. The van der Waals surface area contributed by atoms with Gasteiger partial charge in [-0.25, -0.2) is 4.79 Å². The van der Waals surface area contributed by atoms with Gasteiger partial charge in [-0.15, -0.1) is 11.3 Å². The summed E-state index contributed by atoms with van der Waals surface area (Å²) < 4.78 is 0. The number of thiophene rings is 1. The Balaban J connectivity index is 1.92. The first kappa shape index (κ1) is 15.3. The van der Waals surface area contributed by atoms with Crippen molar-refractivity contribution < 1.29 is 9.90 Å². The Morgan fingerprint density at radius 2 is 2.20 bits per heavy atom. The molecule has 0 radical (unpaired) electrons. The Labute approximate surface area is 124 Å². The van der Waals surface area contributed by atoms with Gasteiger partial charge in [-0.05, 0) is 60.9 Å². The predicted octanol–water partition coefficient (Wildman–Crippen LogP) is 3.71. The highest BCUT2D eigenvalue weighted by Gasteiger charge is 2.22. The average Bonchev–Trinajstić information content (AvgIpc) is 2.84. The van der Waals surface area contributed by atoms with E-state index in [1.165, 1.54) is 23.8 Å². The third-order valence-electron chi connectivity index (χ3n) is 4.13. The zero-order valence-electron chi connectivity index (χ0n) is 12.2. The van der Waals surface area contributed by atoms with Crippen molar-refractivity contribution >= 4 is 23.4 Å². The Kier molecular flexibility index (Phi) is 5.38. The van der Waals surface area contributed by atoms with Gasteiger partial charge >= 0.3 is 5.97 Å². The number of hydrogen-bond acceptors (Lipinski definition) is 3. The van der Waals surface area contributed by atoms with E-state index in [-0.39, 0.29) is 0 Å². The van der Waals surface area contributed by atoms with Crippen molar-refractivity contribution in [3.8, 4) is 0 Å². The molecule has 3 nitrogen and oxygen atoms in total. The van der Waals surface area contributed by atoms with Crippen molar-refractivity contribution in [2.45, 2.75) is 33.2 Å². The lowest BCUT2D eigenvalue weighted by Crippen LogP contribution is -2.34. The first-order valence-electron chi connectivity index (χ1n) is 7.26. The highest BCUT2D eigenvalue weighted by Crippen LogP contribution is 2.27. The van der Waals surface area contributed by atoms with Crippen molar-refractivity contribution in [3.05, 3.63) is 28.0 Å². The Morgan fingerprint density at radius 1 is 1.50 bits per heavy atom. The van der Waals surface area contributed by atoms with Gasteiger partial charge in [0.1, 0.15) is 0 Å². The second kappa shape index (κ2) is 7.04. The lowest BCUT2D eigenvalue weighted by molar-refractivity contribution is -0.131. The first-order valence-corrected chi connectivity index (χ1v) is 8.14. The molecule has 2 rings (SSSR count). The largest absolute Gasteiger partial charge is 0.478 e. The van der Waals surface area contributed by atoms with Crippen LogP contribution in [0.2, 0.25) is 0 Å². The molecule has 1 saturated heterocycles. The minimum Gasteiger partial charge on any atom is -0.478 e. The maximum Gasteiger partial charge on any atom is 0.328 e. The number of piperidine rings is 1. The molecule has 0 atom stereocenters. The summed E-state index contributed by atoms with van der Waals surface area (Å²) in [6.45, 7) is 7.89. The second-order valence-corrected chi connectivity index (χ2v) is 6.83. The lowest BCUT2D eigenvalue weighted by Gasteiger charge is -2.33. The molecule has 1 aliphatic heterocycles. The molecule has 110 valence electrons. The minimum atomic E-state index is -0.889. The first-order chi connectivity index (χ1) is 9.56. The number of nitrogens with zero attached hydrogens (tertiary/aromatic N) is 1. The summed E-state index contributed by atoms with van der Waals surface area (Å²) >= 11 is 1.72. The summed E-state index contributed by atoms with van der Waals surface area (Å²) in [6, 6.07) is 2.00. The van der Waals surface area contributed by atoms with Crippen molar-refractivity contribution in [2.24, 2.45) is 11.8 Å². The van der Waals surface area contributed by atoms with Crippen molar-refractivity contribution in [1.29, 1.82) is 0 Å². The molecular formula is C16H23NO2S. The third-order valence-corrected chi connectivity index (χ3v) is 5.05. The highest BCUT2D eigenvalue weighted by atomic mass is 32.1. The van der Waals surface area contributed by atoms with Crippen molar-refractivity contribution in [1.82, 2.24) is 4.90 Å². The quantitative estimate of drug-likeness (QED) is 0.841. The molecule has 1 aromatic rings. The van der Waals surface area contributed by atoms with Crippen LogP contribution in [0.15, 0.2) is 17.5 Å². The Bertz CT molecular complexity index is 471. The van der Waals surface area contributed by atoms with E-state index in [1.54, 1.807) is 17.4 Å². The van der Waals surface area contributed by atoms with Crippen LogP contribution in [0.25, 0.3) is 6.08 Å². The molecule has 20 heavy (non-hydrogen) atoms. The van der Waals surface area contributed by atoms with Crippen LogP contribution in [0.3, 0.4) is 0 Å². The highest BCUT2D eigenvalue weighted by molar-refractivity contribution is 7.10. The van der Waals surface area contributed by atoms with Crippen LogP contribution in [0, 0.1) is 11.8 Å². The van der Waals surface area contributed by atoms with Crippen LogP contribution in [-0.4, -0.2) is 29.1 Å². The maximum atomic E-state index is 10.6. The van der Waals surface area contributed by atoms with Gasteiger partial charge in [-0.3, -0.25) is 4.90 Å². The van der Waals surface area contributed by atoms with Gasteiger partial charge in [0.2, 0.25) is 0 Å². The average molecular weight is 293 g/mol. The number of carbonyl (C=O) groups is 1. The van der Waals surface area contributed by atoms with Gasteiger partial charge in [-0.2, -0.15) is 0 Å². The zero-order chi connectivity index (χ0) is 14.5. The molecule has 4 heteroatoms. The minimum absolute atomic E-state index is 0.785. The van der Waals surface area contributed by atoms with Crippen molar-refractivity contribution in [3.63, 3.8) is 0 Å². The van der Waals surface area contributed by atoms with E-state index in [0.717, 1.165) is 37.0 Å². The van der Waals surface area contributed by atoms with Gasteiger partial charge in [0, 0.05) is 17.5 Å². The number of hydrogen-bond donors (Lipinski definition) is 1. The predicted molar refractivity (Wildman–Crippen MR) is 83.8 cm³/mol. The number of likely N-dealkylation sites (tertiary alicyclic amines) is 1. The van der Waals surface area contributed by atoms with E-state index in [1.807, 2.05) is 11.4 Å². The molecule has 1 aliphatic rings. The summed E-state index contributed by atoms with van der Waals surface area (Å²) in [6.07, 6.45) is 5.48. The molecule has 0 bridgehead atoms. The van der Waals surface area contributed by atoms with Crippen LogP contribution in [0.4, 0.5) is 0 Å². The molecule has 1 fully saturated rings. The molecule has 0 aromatic carbocycles. The third kappa shape index (κ3) is 4.18. The van der Waals surface area contributed by atoms with E-state index in [2.05, 4.69) is 18.7 Å². The second-order valence-electron chi connectivity index (χ2n) is 5.83. The smallest absolute Gasteiger partial charge is 0.328 e. The normalized spacial score (nSPS) is 18.1. The van der Waals surface area contributed by atoms with Gasteiger partial charge in [0.25, 0.3) is 0 Å². The summed E-state index contributed by atoms with van der Waals surface area (Å²) in [4.78, 5) is 14.4. The Morgan fingerprint density at radius 3 is 2.80 bits per heavy atom. The Hall–Kier alpha value is -1.13. The monoisotopic (exact) mass is 293 g/mol. The fourth-order valence-electron chi connectivity index (χ4n) is 2.77. The van der Waals surface area contributed by atoms with E-state index < -0.39 is 5.97 Å². The zero-order valence-corrected chi connectivity index (χ0v) is 13.0. The molecule has 0 unspecified atom stereocenters. The molecule has 0 aliphatic carbocycles. The summed E-state index contributed by atoms with van der Waals surface area (Å²) in [5, 5.41) is 10.8.